The zero-order valence-electron chi connectivity index (χ0n) is 11.5. The van der Waals surface area contributed by atoms with Crippen LogP contribution in [0.5, 0.6) is 0 Å². The van der Waals surface area contributed by atoms with Crippen LogP contribution in [-0.2, 0) is 6.42 Å². The topological polar surface area (TPSA) is 32.5 Å². The summed E-state index contributed by atoms with van der Waals surface area (Å²) in [7, 11) is 0. The number of hydrogen-bond acceptors (Lipinski definition) is 3. The molecule has 0 aromatic heterocycles. The highest BCUT2D eigenvalue weighted by atomic mass is 15.3. The fraction of sp³-hybridized carbons (Fsp3) is 0.625. The molecule has 0 spiro atoms. The fourth-order valence-electron chi connectivity index (χ4n) is 4.59. The molecular weight excluding hydrogens is 234 g/mol. The van der Waals surface area contributed by atoms with E-state index in [-0.39, 0.29) is 5.54 Å². The van der Waals surface area contributed by atoms with E-state index in [1.807, 2.05) is 0 Å². The lowest BCUT2D eigenvalue weighted by atomic mass is 9.71. The van der Waals surface area contributed by atoms with Crippen molar-refractivity contribution < 1.29 is 0 Å². The predicted molar refractivity (Wildman–Crippen MR) is 78.4 cm³/mol. The van der Waals surface area contributed by atoms with Gasteiger partial charge in [-0.25, -0.2) is 0 Å². The largest absolute Gasteiger partial charge is 0.362 e. The second kappa shape index (κ2) is 4.22. The van der Waals surface area contributed by atoms with Crippen LogP contribution in [0.4, 0.5) is 5.69 Å². The summed E-state index contributed by atoms with van der Waals surface area (Å²) in [5, 5.41) is 0. The molecule has 102 valence electrons. The van der Waals surface area contributed by atoms with Gasteiger partial charge in [-0.05, 0) is 49.9 Å². The number of para-hydroxylation sites is 1. The van der Waals surface area contributed by atoms with E-state index < -0.39 is 0 Å². The summed E-state index contributed by atoms with van der Waals surface area (Å²) in [5.74, 6) is 0.786. The van der Waals surface area contributed by atoms with Crippen molar-refractivity contribution in [2.24, 2.45) is 11.7 Å². The summed E-state index contributed by atoms with van der Waals surface area (Å²) >= 11 is 0. The van der Waals surface area contributed by atoms with Crippen LogP contribution in [0.25, 0.3) is 0 Å². The molecule has 3 saturated heterocycles. The van der Waals surface area contributed by atoms with E-state index in [4.69, 9.17) is 5.73 Å². The highest BCUT2D eigenvalue weighted by Crippen LogP contribution is 2.44. The van der Waals surface area contributed by atoms with E-state index in [1.54, 1.807) is 0 Å². The third-order valence-electron chi connectivity index (χ3n) is 5.62. The summed E-state index contributed by atoms with van der Waals surface area (Å²) in [5.41, 5.74) is 9.44. The molecular formula is C16H23N3. The molecule has 5 rings (SSSR count). The minimum Gasteiger partial charge on any atom is -0.362 e. The Morgan fingerprint density at radius 2 is 1.95 bits per heavy atom. The number of nitrogens with two attached hydrogens (primary N) is 1. The third-order valence-corrected chi connectivity index (χ3v) is 5.62. The monoisotopic (exact) mass is 257 g/mol. The van der Waals surface area contributed by atoms with E-state index in [2.05, 4.69) is 34.1 Å². The number of rotatable bonds is 2. The number of benzene rings is 1. The zero-order valence-corrected chi connectivity index (χ0v) is 11.5. The molecule has 2 bridgehead atoms. The van der Waals surface area contributed by atoms with Gasteiger partial charge in [0.1, 0.15) is 0 Å². The van der Waals surface area contributed by atoms with Gasteiger partial charge in [0.15, 0.2) is 0 Å². The van der Waals surface area contributed by atoms with Gasteiger partial charge >= 0.3 is 0 Å². The normalized spacial score (nSPS) is 36.6. The fourth-order valence-corrected chi connectivity index (χ4v) is 4.59. The van der Waals surface area contributed by atoms with Crippen LogP contribution in [0.1, 0.15) is 18.4 Å². The Labute approximate surface area is 115 Å². The Morgan fingerprint density at radius 1 is 1.16 bits per heavy atom. The number of fused-ring (bicyclic) bond motifs is 4. The lowest BCUT2D eigenvalue weighted by molar-refractivity contribution is 0.0291. The van der Waals surface area contributed by atoms with Crippen molar-refractivity contribution in [3.8, 4) is 0 Å². The van der Waals surface area contributed by atoms with E-state index in [0.29, 0.717) is 0 Å². The molecule has 3 fully saturated rings. The van der Waals surface area contributed by atoms with Crippen LogP contribution < -0.4 is 10.6 Å². The Bertz CT molecular complexity index is 479. The first kappa shape index (κ1) is 11.7. The van der Waals surface area contributed by atoms with Crippen LogP contribution >= 0.6 is 0 Å². The number of piperidine rings is 3. The zero-order chi connectivity index (χ0) is 12.9. The van der Waals surface area contributed by atoms with Crippen molar-refractivity contribution in [3.63, 3.8) is 0 Å². The van der Waals surface area contributed by atoms with Crippen molar-refractivity contribution in [1.29, 1.82) is 0 Å². The van der Waals surface area contributed by atoms with Crippen LogP contribution in [0.2, 0.25) is 0 Å². The molecule has 2 N–H and O–H groups in total. The summed E-state index contributed by atoms with van der Waals surface area (Å²) in [6.07, 6.45) is 3.84. The highest BCUT2D eigenvalue weighted by Gasteiger charge is 2.50. The Morgan fingerprint density at radius 3 is 2.63 bits per heavy atom. The lowest BCUT2D eigenvalue weighted by Crippen LogP contribution is -2.70. The van der Waals surface area contributed by atoms with Crippen molar-refractivity contribution in [1.82, 2.24) is 4.90 Å². The van der Waals surface area contributed by atoms with Crippen LogP contribution in [0, 0.1) is 5.92 Å². The molecule has 0 radical (unpaired) electrons. The van der Waals surface area contributed by atoms with Gasteiger partial charge in [0.25, 0.3) is 0 Å². The smallest absolute Gasteiger partial charge is 0.0679 e. The molecule has 3 nitrogen and oxygen atoms in total. The number of anilines is 1. The molecule has 3 heteroatoms. The summed E-state index contributed by atoms with van der Waals surface area (Å²) in [4.78, 5) is 5.27. The second-order valence-electron chi connectivity index (χ2n) is 6.39. The first-order valence-electron chi connectivity index (χ1n) is 7.61. The van der Waals surface area contributed by atoms with Gasteiger partial charge in [-0.2, -0.15) is 0 Å². The maximum absolute atomic E-state index is 6.29. The molecule has 0 aliphatic carbocycles. The van der Waals surface area contributed by atoms with E-state index in [1.165, 1.54) is 50.1 Å². The van der Waals surface area contributed by atoms with Crippen molar-refractivity contribution in [2.75, 3.05) is 37.6 Å². The molecule has 1 aromatic rings. The van der Waals surface area contributed by atoms with E-state index in [9.17, 15) is 0 Å². The standard InChI is InChI=1S/C16H23N3/c17-11-16(12-18-8-6-14(16)7-9-18)19-10-5-13-3-1-2-4-15(13)19/h1-4,14H,5-12,17H2. The predicted octanol–water partition coefficient (Wildman–Crippen LogP) is 1.47. The Balaban J connectivity index is 1.74. The quantitative estimate of drug-likeness (QED) is 0.871. The van der Waals surface area contributed by atoms with Crippen molar-refractivity contribution in [2.45, 2.75) is 24.8 Å². The first-order chi connectivity index (χ1) is 9.33. The number of hydrogen-bond donors (Lipinski definition) is 1. The second-order valence-corrected chi connectivity index (χ2v) is 6.39. The van der Waals surface area contributed by atoms with Crippen molar-refractivity contribution in [3.05, 3.63) is 29.8 Å². The average molecular weight is 257 g/mol. The van der Waals surface area contributed by atoms with Gasteiger partial charge in [-0.1, -0.05) is 18.2 Å². The maximum Gasteiger partial charge on any atom is 0.0679 e. The van der Waals surface area contributed by atoms with E-state index >= 15 is 0 Å². The average Bonchev–Trinajstić information content (AvgIpc) is 2.92. The minimum atomic E-state index is 0.198. The van der Waals surface area contributed by atoms with Gasteiger partial charge in [-0.3, -0.25) is 0 Å². The van der Waals surface area contributed by atoms with E-state index in [0.717, 1.165) is 19.0 Å². The molecule has 1 unspecified atom stereocenters. The third kappa shape index (κ3) is 1.58. The Hall–Kier alpha value is -1.06. The summed E-state index contributed by atoms with van der Waals surface area (Å²) < 4.78 is 0. The van der Waals surface area contributed by atoms with Crippen LogP contribution in [0.15, 0.2) is 24.3 Å². The molecule has 4 aliphatic heterocycles. The summed E-state index contributed by atoms with van der Waals surface area (Å²) in [6, 6.07) is 8.90. The van der Waals surface area contributed by atoms with Gasteiger partial charge in [0.05, 0.1) is 5.54 Å². The molecule has 4 aliphatic rings. The molecule has 0 saturated carbocycles. The van der Waals surface area contributed by atoms with Gasteiger partial charge in [0, 0.05) is 25.3 Å². The SMILES string of the molecule is NCC1(N2CCc3ccccc32)CN2CCC1CC2. The summed E-state index contributed by atoms with van der Waals surface area (Å²) in [6.45, 7) is 5.68. The Kier molecular flexibility index (Phi) is 2.61. The van der Waals surface area contributed by atoms with Gasteiger partial charge < -0.3 is 15.5 Å². The number of nitrogens with zero attached hydrogens (tertiary/aromatic N) is 2. The van der Waals surface area contributed by atoms with Crippen LogP contribution in [-0.4, -0.2) is 43.2 Å². The molecule has 0 amide bonds. The van der Waals surface area contributed by atoms with Gasteiger partial charge in [-0.15, -0.1) is 0 Å². The maximum atomic E-state index is 6.29. The molecule has 1 atom stereocenters. The lowest BCUT2D eigenvalue weighted by Gasteiger charge is -2.57. The van der Waals surface area contributed by atoms with Crippen molar-refractivity contribution >= 4 is 5.69 Å². The molecule has 1 aromatic carbocycles. The molecule has 4 heterocycles. The van der Waals surface area contributed by atoms with Crippen LogP contribution in [0.3, 0.4) is 0 Å². The molecule has 19 heavy (non-hydrogen) atoms. The highest BCUT2D eigenvalue weighted by molar-refractivity contribution is 5.60. The van der Waals surface area contributed by atoms with Gasteiger partial charge in [0.2, 0.25) is 0 Å². The first-order valence-corrected chi connectivity index (χ1v) is 7.61. The minimum absolute atomic E-state index is 0.198.